The van der Waals surface area contributed by atoms with Crippen LogP contribution in [-0.4, -0.2) is 61.6 Å². The van der Waals surface area contributed by atoms with Crippen molar-refractivity contribution in [3.63, 3.8) is 0 Å². The van der Waals surface area contributed by atoms with E-state index in [2.05, 4.69) is 26.5 Å². The topological polar surface area (TPSA) is 144 Å². The number of hydrogen-bond donors (Lipinski definition) is 4. The van der Waals surface area contributed by atoms with E-state index in [9.17, 15) is 23.1 Å². The molecular formula is C26H35F3N6O4. The van der Waals surface area contributed by atoms with Crippen LogP contribution >= 0.6 is 0 Å². The zero-order valence-corrected chi connectivity index (χ0v) is 21.9. The third kappa shape index (κ3) is 8.30. The van der Waals surface area contributed by atoms with Crippen LogP contribution in [0.15, 0.2) is 12.1 Å². The number of nitrogens with zero attached hydrogens (tertiary/aromatic N) is 4. The van der Waals surface area contributed by atoms with Crippen LogP contribution in [0.2, 0.25) is 0 Å². The second-order valence-electron chi connectivity index (χ2n) is 10.9. The molecule has 2 aromatic rings. The van der Waals surface area contributed by atoms with E-state index < -0.39 is 18.1 Å². The summed E-state index contributed by atoms with van der Waals surface area (Å²) in [6.07, 6.45) is 5.05. The first-order valence-electron chi connectivity index (χ1n) is 13.4. The Morgan fingerprint density at radius 1 is 1.03 bits per heavy atom. The summed E-state index contributed by atoms with van der Waals surface area (Å²) in [6, 6.07) is 4.00. The van der Waals surface area contributed by atoms with Crippen molar-refractivity contribution >= 4 is 29.5 Å². The summed E-state index contributed by atoms with van der Waals surface area (Å²) in [5.74, 6) is 0.703. The summed E-state index contributed by atoms with van der Waals surface area (Å²) < 4.78 is 31.7. The molecule has 3 fully saturated rings. The number of anilines is 3. The Labute approximate surface area is 224 Å². The molecule has 2 saturated carbocycles. The van der Waals surface area contributed by atoms with Gasteiger partial charge in [-0.15, -0.1) is 0 Å². The van der Waals surface area contributed by atoms with Gasteiger partial charge in [0.1, 0.15) is 5.82 Å². The summed E-state index contributed by atoms with van der Waals surface area (Å²) in [5, 5.41) is 27.4. The van der Waals surface area contributed by atoms with E-state index in [-0.39, 0.29) is 12.3 Å². The third-order valence-electron chi connectivity index (χ3n) is 7.59. The highest BCUT2D eigenvalue weighted by Gasteiger charge is 2.38. The van der Waals surface area contributed by atoms with Gasteiger partial charge in [0, 0.05) is 48.9 Å². The molecule has 3 heterocycles. The van der Waals surface area contributed by atoms with Crippen LogP contribution in [0.25, 0.3) is 0 Å². The van der Waals surface area contributed by atoms with Gasteiger partial charge in [0.2, 0.25) is 5.95 Å². The molecule has 2 aromatic heterocycles. The first kappa shape index (κ1) is 28.6. The maximum Gasteiger partial charge on any atom is 0.490 e. The molecule has 214 valence electrons. The van der Waals surface area contributed by atoms with Gasteiger partial charge in [0.25, 0.3) is 0 Å². The normalized spacial score (nSPS) is 22.1. The largest absolute Gasteiger partial charge is 0.490 e. The van der Waals surface area contributed by atoms with Crippen molar-refractivity contribution in [3.05, 3.63) is 23.5 Å². The number of piperidine rings is 1. The highest BCUT2D eigenvalue weighted by Crippen LogP contribution is 2.40. The Morgan fingerprint density at radius 2 is 1.72 bits per heavy atom. The van der Waals surface area contributed by atoms with Crippen molar-refractivity contribution in [3.8, 4) is 0 Å². The average Bonchev–Trinajstić information content (AvgIpc) is 3.62. The Kier molecular flexibility index (Phi) is 8.96. The summed E-state index contributed by atoms with van der Waals surface area (Å²) in [6.45, 7) is 3.60. The van der Waals surface area contributed by atoms with Crippen molar-refractivity contribution < 1.29 is 33.0 Å². The van der Waals surface area contributed by atoms with Crippen molar-refractivity contribution in [2.75, 3.05) is 23.3 Å². The SMILES string of the molecule is Cc1cc(Nc2cc(C3CC3)[nH]n2)nc(N2C[C@H](CC(=O)O)C[C@H](C3CCCCC3)C2)n1.O=C(O)C(F)(F)F. The Hall–Kier alpha value is -3.38. The molecule has 0 spiro atoms. The Balaban J connectivity index is 0.000000448. The Bertz CT molecular complexity index is 1150. The number of alkyl halides is 3. The highest BCUT2D eigenvalue weighted by molar-refractivity contribution is 5.73. The molecule has 5 rings (SSSR count). The number of H-pyrrole nitrogens is 1. The van der Waals surface area contributed by atoms with Crippen molar-refractivity contribution in [1.82, 2.24) is 20.2 Å². The predicted molar refractivity (Wildman–Crippen MR) is 137 cm³/mol. The molecule has 1 aliphatic heterocycles. The van der Waals surface area contributed by atoms with Crippen molar-refractivity contribution in [1.29, 1.82) is 0 Å². The standard InChI is InChI=1S/C24H34N6O2.C2HF3O2/c1-15-9-21(26-22-12-20(28-29-22)18-7-8-18)27-24(25-15)30-13-16(11-23(31)32)10-19(14-30)17-5-3-2-4-6-17;3-2(4,5)1(6)7/h9,12,16-19H,2-8,10-11,13-14H2,1H3,(H,31,32)(H2,25,26,27,28,29);(H,6,7)/t16-,19-;/m0./s1. The number of aromatic amines is 1. The molecule has 0 bridgehead atoms. The van der Waals surface area contributed by atoms with Crippen LogP contribution in [-0.2, 0) is 9.59 Å². The number of halogens is 3. The molecule has 2 aliphatic carbocycles. The van der Waals surface area contributed by atoms with E-state index in [4.69, 9.17) is 19.9 Å². The molecule has 1 saturated heterocycles. The minimum absolute atomic E-state index is 0.140. The fraction of sp³-hybridized carbons (Fsp3) is 0.654. The van der Waals surface area contributed by atoms with Gasteiger partial charge in [0.15, 0.2) is 5.82 Å². The monoisotopic (exact) mass is 552 g/mol. The third-order valence-corrected chi connectivity index (χ3v) is 7.59. The Morgan fingerprint density at radius 3 is 2.33 bits per heavy atom. The lowest BCUT2D eigenvalue weighted by Gasteiger charge is -2.42. The van der Waals surface area contributed by atoms with E-state index in [1.54, 1.807) is 0 Å². The van der Waals surface area contributed by atoms with Gasteiger partial charge in [-0.2, -0.15) is 23.3 Å². The highest BCUT2D eigenvalue weighted by atomic mass is 19.4. The zero-order chi connectivity index (χ0) is 28.2. The molecule has 2 atom stereocenters. The molecular weight excluding hydrogens is 517 g/mol. The quantitative estimate of drug-likeness (QED) is 0.361. The van der Waals surface area contributed by atoms with Crippen LogP contribution in [0.1, 0.15) is 75.1 Å². The van der Waals surface area contributed by atoms with E-state index in [0.717, 1.165) is 30.3 Å². The molecule has 4 N–H and O–H groups in total. The van der Waals surface area contributed by atoms with Gasteiger partial charge < -0.3 is 20.4 Å². The minimum atomic E-state index is -5.08. The molecule has 3 aliphatic rings. The smallest absolute Gasteiger partial charge is 0.481 e. The lowest BCUT2D eigenvalue weighted by molar-refractivity contribution is -0.192. The second kappa shape index (κ2) is 12.2. The number of aliphatic carboxylic acids is 2. The molecule has 0 amide bonds. The summed E-state index contributed by atoms with van der Waals surface area (Å²) in [5.41, 5.74) is 2.08. The first-order valence-corrected chi connectivity index (χ1v) is 13.4. The van der Waals surface area contributed by atoms with Gasteiger partial charge in [-0.1, -0.05) is 32.1 Å². The van der Waals surface area contributed by atoms with E-state index in [0.29, 0.717) is 30.2 Å². The number of aromatic nitrogens is 4. The summed E-state index contributed by atoms with van der Waals surface area (Å²) in [4.78, 5) is 32.2. The van der Waals surface area contributed by atoms with Crippen LogP contribution < -0.4 is 10.2 Å². The fourth-order valence-electron chi connectivity index (χ4n) is 5.65. The summed E-state index contributed by atoms with van der Waals surface area (Å²) in [7, 11) is 0. The zero-order valence-electron chi connectivity index (χ0n) is 21.9. The van der Waals surface area contributed by atoms with Crippen LogP contribution in [0.5, 0.6) is 0 Å². The number of carbonyl (C=O) groups is 2. The minimum Gasteiger partial charge on any atom is -0.481 e. The van der Waals surface area contributed by atoms with E-state index >= 15 is 0 Å². The molecule has 0 radical (unpaired) electrons. The maximum absolute atomic E-state index is 11.5. The number of aryl methyl sites for hydroxylation is 1. The van der Waals surface area contributed by atoms with Gasteiger partial charge in [-0.05, 0) is 43.9 Å². The van der Waals surface area contributed by atoms with Gasteiger partial charge in [0.05, 0.1) is 0 Å². The predicted octanol–water partition coefficient (Wildman–Crippen LogP) is 5.26. The van der Waals surface area contributed by atoms with Gasteiger partial charge in [-0.3, -0.25) is 9.89 Å². The number of carboxylic acid groups (broad SMARTS) is 2. The van der Waals surface area contributed by atoms with Gasteiger partial charge in [-0.25, -0.2) is 9.78 Å². The maximum atomic E-state index is 11.5. The molecule has 13 heteroatoms. The lowest BCUT2D eigenvalue weighted by Crippen LogP contribution is -2.44. The number of nitrogens with one attached hydrogen (secondary N) is 2. The van der Waals surface area contributed by atoms with Crippen molar-refractivity contribution in [2.45, 2.75) is 76.8 Å². The molecule has 0 aromatic carbocycles. The molecule has 39 heavy (non-hydrogen) atoms. The fourth-order valence-corrected chi connectivity index (χ4v) is 5.65. The lowest BCUT2D eigenvalue weighted by atomic mass is 9.73. The van der Waals surface area contributed by atoms with Crippen molar-refractivity contribution in [2.24, 2.45) is 17.8 Å². The van der Waals surface area contributed by atoms with Crippen LogP contribution in [0, 0.1) is 24.7 Å². The number of rotatable bonds is 7. The van der Waals surface area contributed by atoms with E-state index in [1.165, 1.54) is 50.6 Å². The van der Waals surface area contributed by atoms with E-state index in [1.807, 2.05) is 13.0 Å². The van der Waals surface area contributed by atoms with Gasteiger partial charge >= 0.3 is 18.1 Å². The van der Waals surface area contributed by atoms with Crippen LogP contribution in [0.3, 0.4) is 0 Å². The molecule has 0 unspecified atom stereocenters. The number of hydrogen-bond acceptors (Lipinski definition) is 7. The number of carboxylic acids is 2. The second-order valence-corrected chi connectivity index (χ2v) is 10.9. The summed E-state index contributed by atoms with van der Waals surface area (Å²) >= 11 is 0. The molecule has 10 nitrogen and oxygen atoms in total. The van der Waals surface area contributed by atoms with Crippen LogP contribution in [0.4, 0.5) is 30.8 Å². The average molecular weight is 553 g/mol. The first-order chi connectivity index (χ1) is 18.5.